The monoisotopic (exact) mass is 688 g/mol. The maximum absolute atomic E-state index is 5.75. The van der Waals surface area contributed by atoms with Crippen LogP contribution in [0.2, 0.25) is 0 Å². The maximum Gasteiger partial charge on any atom is 0.0791 e. The van der Waals surface area contributed by atoms with Crippen LogP contribution in [0.4, 0.5) is 0 Å². The molecule has 4 unspecified atom stereocenters. The van der Waals surface area contributed by atoms with E-state index >= 15 is 0 Å². The summed E-state index contributed by atoms with van der Waals surface area (Å²) in [6.07, 6.45) is 7.69. The van der Waals surface area contributed by atoms with Crippen LogP contribution in [0.25, 0.3) is 98.2 Å². The number of pyridine rings is 2. The molecule has 0 amide bonds. The predicted molar refractivity (Wildman–Crippen MR) is 225 cm³/mol. The molecule has 4 atom stereocenters. The van der Waals surface area contributed by atoms with E-state index in [4.69, 9.17) is 9.97 Å². The van der Waals surface area contributed by atoms with Gasteiger partial charge in [-0.1, -0.05) is 97.1 Å². The van der Waals surface area contributed by atoms with Crippen molar-refractivity contribution in [2.75, 3.05) is 0 Å². The molecule has 14 rings (SSSR count). The van der Waals surface area contributed by atoms with Gasteiger partial charge in [-0.25, -0.2) is 9.97 Å². The average Bonchev–Trinajstić information content (AvgIpc) is 4.05. The van der Waals surface area contributed by atoms with Gasteiger partial charge in [0, 0.05) is 32.7 Å². The second kappa shape index (κ2) is 10.0. The van der Waals surface area contributed by atoms with E-state index in [1.54, 1.807) is 11.1 Å². The molecule has 254 valence electrons. The summed E-state index contributed by atoms with van der Waals surface area (Å²) in [5.74, 6) is 2.48. The Balaban J connectivity index is 1.08. The van der Waals surface area contributed by atoms with Crippen LogP contribution in [0.15, 0.2) is 121 Å². The van der Waals surface area contributed by atoms with E-state index in [0.29, 0.717) is 23.7 Å². The lowest BCUT2D eigenvalue weighted by atomic mass is 9.82. The van der Waals surface area contributed by atoms with E-state index in [-0.39, 0.29) is 0 Å². The molecular weight excluding hydrogens is 653 g/mol. The summed E-state index contributed by atoms with van der Waals surface area (Å²) in [5, 5.41) is 15.8. The molecule has 2 fully saturated rings. The third-order valence-corrected chi connectivity index (χ3v) is 14.5. The van der Waals surface area contributed by atoms with Crippen LogP contribution >= 0.6 is 0 Å². The number of hydrogen-bond acceptors (Lipinski definition) is 2. The molecule has 54 heavy (non-hydrogen) atoms. The molecule has 0 saturated heterocycles. The third-order valence-electron chi connectivity index (χ3n) is 14.5. The van der Waals surface area contributed by atoms with Crippen LogP contribution in [0.1, 0.15) is 84.5 Å². The minimum atomic E-state index is 0.611. The first-order valence-electron chi connectivity index (χ1n) is 20.2. The van der Waals surface area contributed by atoms with Crippen LogP contribution in [-0.2, 0) is 0 Å². The van der Waals surface area contributed by atoms with Crippen LogP contribution in [-0.4, -0.2) is 9.97 Å². The molecule has 0 aliphatic heterocycles. The first-order chi connectivity index (χ1) is 26.7. The molecule has 0 radical (unpaired) electrons. The zero-order chi connectivity index (χ0) is 34.8. The summed E-state index contributed by atoms with van der Waals surface area (Å²) >= 11 is 0. The van der Waals surface area contributed by atoms with Gasteiger partial charge in [0.05, 0.1) is 22.4 Å². The molecule has 10 aromatic rings. The summed E-state index contributed by atoms with van der Waals surface area (Å²) in [4.78, 5) is 11.5. The van der Waals surface area contributed by atoms with Crippen molar-refractivity contribution in [3.8, 4) is 22.5 Å². The van der Waals surface area contributed by atoms with Crippen molar-refractivity contribution in [3.05, 3.63) is 144 Å². The summed E-state index contributed by atoms with van der Waals surface area (Å²) in [5.41, 5.74) is 13.5. The molecule has 8 aromatic carbocycles. The van der Waals surface area contributed by atoms with E-state index in [0.717, 1.165) is 0 Å². The Morgan fingerprint density at radius 1 is 0.352 bits per heavy atom. The highest BCUT2D eigenvalue weighted by molar-refractivity contribution is 6.32. The van der Waals surface area contributed by atoms with Gasteiger partial charge in [0.25, 0.3) is 0 Å². The maximum atomic E-state index is 5.75. The van der Waals surface area contributed by atoms with E-state index in [2.05, 4.69) is 121 Å². The van der Waals surface area contributed by atoms with E-state index in [1.807, 2.05) is 0 Å². The predicted octanol–water partition coefficient (Wildman–Crippen LogP) is 14.1. The zero-order valence-corrected chi connectivity index (χ0v) is 30.0. The molecule has 2 nitrogen and oxygen atoms in total. The fraction of sp³-hybridized carbons (Fsp3) is 0.192. The van der Waals surface area contributed by atoms with E-state index < -0.39 is 0 Å². The third kappa shape index (κ3) is 3.58. The summed E-state index contributed by atoms with van der Waals surface area (Å²) in [7, 11) is 0. The van der Waals surface area contributed by atoms with Crippen LogP contribution < -0.4 is 0 Å². The number of hydrogen-bond donors (Lipinski definition) is 0. The smallest absolute Gasteiger partial charge is 0.0791 e. The number of rotatable bonds is 2. The number of aromatic nitrogens is 2. The van der Waals surface area contributed by atoms with Gasteiger partial charge in [0.2, 0.25) is 0 Å². The molecule has 0 N–H and O–H groups in total. The Morgan fingerprint density at radius 2 is 0.759 bits per heavy atom. The second-order valence-corrected chi connectivity index (χ2v) is 17.1. The largest absolute Gasteiger partial charge is 0.247 e. The van der Waals surface area contributed by atoms with Gasteiger partial charge < -0.3 is 0 Å². The zero-order valence-electron chi connectivity index (χ0n) is 30.0. The van der Waals surface area contributed by atoms with Gasteiger partial charge in [0.1, 0.15) is 0 Å². The quantitative estimate of drug-likeness (QED) is 0.133. The van der Waals surface area contributed by atoms with Gasteiger partial charge >= 0.3 is 0 Å². The lowest BCUT2D eigenvalue weighted by Crippen LogP contribution is -2.05. The van der Waals surface area contributed by atoms with Crippen molar-refractivity contribution in [3.63, 3.8) is 0 Å². The SMILES string of the molecule is c1ccc2cc(-c3nc4c(cc5ccc6c7nc(-c8ccc9ccccc9c8)c8c(c7cc7ccc4c5c76)C4CCC8C4)c4c3C3CCC4C3)ccc2c1. The second-order valence-electron chi connectivity index (χ2n) is 17.1. The Hall–Kier alpha value is -5.86. The molecule has 2 saturated carbocycles. The van der Waals surface area contributed by atoms with Gasteiger partial charge in [-0.2, -0.15) is 0 Å². The molecule has 2 heteroatoms. The highest BCUT2D eigenvalue weighted by Crippen LogP contribution is 2.60. The van der Waals surface area contributed by atoms with Crippen LogP contribution in [0.5, 0.6) is 0 Å². The Kier molecular flexibility index (Phi) is 5.30. The number of benzene rings is 8. The fourth-order valence-corrected chi connectivity index (χ4v) is 12.3. The van der Waals surface area contributed by atoms with Crippen molar-refractivity contribution in [1.29, 1.82) is 0 Å². The Morgan fingerprint density at radius 3 is 1.22 bits per heavy atom. The minimum absolute atomic E-state index is 0.611. The number of fused-ring (bicyclic) bond motifs is 18. The average molecular weight is 689 g/mol. The van der Waals surface area contributed by atoms with E-state index in [1.165, 1.54) is 148 Å². The summed E-state index contributed by atoms with van der Waals surface area (Å²) in [6.45, 7) is 0. The summed E-state index contributed by atoms with van der Waals surface area (Å²) in [6, 6.07) is 46.0. The van der Waals surface area contributed by atoms with Crippen LogP contribution in [0, 0.1) is 0 Å². The van der Waals surface area contributed by atoms with Crippen molar-refractivity contribution >= 4 is 75.7 Å². The molecule has 4 bridgehead atoms. The van der Waals surface area contributed by atoms with Crippen molar-refractivity contribution in [1.82, 2.24) is 9.97 Å². The van der Waals surface area contributed by atoms with Crippen molar-refractivity contribution < 1.29 is 0 Å². The van der Waals surface area contributed by atoms with E-state index in [9.17, 15) is 0 Å². The van der Waals surface area contributed by atoms with Gasteiger partial charge in [-0.15, -0.1) is 0 Å². The molecule has 2 heterocycles. The fourth-order valence-electron chi connectivity index (χ4n) is 12.3. The molecule has 4 aliphatic carbocycles. The van der Waals surface area contributed by atoms with Gasteiger partial charge in [-0.05, 0) is 152 Å². The molecule has 4 aliphatic rings. The summed E-state index contributed by atoms with van der Waals surface area (Å²) < 4.78 is 0. The number of nitrogens with zero attached hydrogens (tertiary/aromatic N) is 2. The first-order valence-corrected chi connectivity index (χ1v) is 20.2. The topological polar surface area (TPSA) is 25.8 Å². The van der Waals surface area contributed by atoms with Crippen LogP contribution in [0.3, 0.4) is 0 Å². The lowest BCUT2D eigenvalue weighted by molar-refractivity contribution is 0.720. The van der Waals surface area contributed by atoms with Crippen molar-refractivity contribution in [2.45, 2.75) is 62.2 Å². The first kappa shape index (κ1) is 28.6. The van der Waals surface area contributed by atoms with Crippen molar-refractivity contribution in [2.24, 2.45) is 0 Å². The standard InChI is InChI=1S/C52H36N2/c1-3-7-29-21-37(15-9-27(29)5-1)49-47-33-13-11-31(23-33)45(47)41-25-35-18-20-40-44-36(17-19-39(43(35)44)51(41)53-49)26-42-46-32-12-14-34(24-32)48(46)50(54-52(40)42)38-16-10-28-6-2-4-8-30(28)22-38/h1-10,15-22,25-26,31-34H,11-14,23-24H2. The van der Waals surface area contributed by atoms with Gasteiger partial charge in [0.15, 0.2) is 0 Å². The molecular formula is C52H36N2. The highest BCUT2D eigenvalue weighted by atomic mass is 14.7. The van der Waals surface area contributed by atoms with Gasteiger partial charge in [-0.3, -0.25) is 0 Å². The molecule has 0 spiro atoms. The minimum Gasteiger partial charge on any atom is -0.247 e. The normalized spacial score (nSPS) is 21.3. The Bertz CT molecular complexity index is 3090. The Labute approximate surface area is 312 Å². The lowest BCUT2D eigenvalue weighted by Gasteiger charge is -2.24. The molecule has 2 aromatic heterocycles. The highest BCUT2D eigenvalue weighted by Gasteiger charge is 2.42.